The lowest BCUT2D eigenvalue weighted by molar-refractivity contribution is -0.137. The third-order valence-corrected chi connectivity index (χ3v) is 5.23. The van der Waals surface area contributed by atoms with Gasteiger partial charge in [0.15, 0.2) is 0 Å². The van der Waals surface area contributed by atoms with Gasteiger partial charge < -0.3 is 15.4 Å². The number of thioether (sulfide) groups is 1. The molecule has 3 rings (SSSR count). The van der Waals surface area contributed by atoms with Crippen LogP contribution < -0.4 is 15.4 Å². The maximum absolute atomic E-state index is 12.8. The molecule has 0 aromatic heterocycles. The van der Waals surface area contributed by atoms with E-state index in [1.807, 2.05) is 6.92 Å². The number of fused-ring (bicyclic) bond motifs is 1. The van der Waals surface area contributed by atoms with Gasteiger partial charge in [0, 0.05) is 11.3 Å². The predicted molar refractivity (Wildman–Crippen MR) is 101 cm³/mol. The summed E-state index contributed by atoms with van der Waals surface area (Å²) in [7, 11) is 0. The fraction of sp³-hybridized carbons (Fsp3) is 0.263. The van der Waals surface area contributed by atoms with E-state index in [1.165, 1.54) is 6.07 Å². The first kappa shape index (κ1) is 20.1. The molecule has 2 amide bonds. The zero-order valence-corrected chi connectivity index (χ0v) is 15.6. The highest BCUT2D eigenvalue weighted by Crippen LogP contribution is 2.40. The molecule has 1 unspecified atom stereocenters. The van der Waals surface area contributed by atoms with Crippen molar-refractivity contribution in [2.24, 2.45) is 0 Å². The van der Waals surface area contributed by atoms with E-state index < -0.39 is 28.8 Å². The first-order chi connectivity index (χ1) is 13.3. The van der Waals surface area contributed by atoms with E-state index >= 15 is 0 Å². The minimum absolute atomic E-state index is 0.100. The Bertz CT molecular complexity index is 902. The number of rotatable bonds is 5. The van der Waals surface area contributed by atoms with Crippen molar-refractivity contribution >= 4 is 35.0 Å². The van der Waals surface area contributed by atoms with Crippen molar-refractivity contribution in [2.75, 3.05) is 17.2 Å². The third-order valence-electron chi connectivity index (χ3n) is 3.96. The fourth-order valence-corrected chi connectivity index (χ4v) is 3.77. The Morgan fingerprint density at radius 2 is 2.00 bits per heavy atom. The Balaban J connectivity index is 1.69. The fourth-order valence-electron chi connectivity index (χ4n) is 2.68. The molecular formula is C19H17F3N2O3S. The first-order valence-electron chi connectivity index (χ1n) is 8.48. The van der Waals surface area contributed by atoms with Crippen LogP contribution in [0.25, 0.3) is 0 Å². The number of carbonyl (C=O) groups excluding carboxylic acids is 2. The lowest BCUT2D eigenvalue weighted by Crippen LogP contribution is -2.32. The van der Waals surface area contributed by atoms with Crippen LogP contribution in [0.2, 0.25) is 0 Å². The summed E-state index contributed by atoms with van der Waals surface area (Å²) in [6.45, 7) is 2.26. The van der Waals surface area contributed by atoms with Crippen molar-refractivity contribution in [1.29, 1.82) is 0 Å². The van der Waals surface area contributed by atoms with Crippen molar-refractivity contribution in [2.45, 2.75) is 29.7 Å². The number of nitrogens with one attached hydrogen (secondary N) is 2. The summed E-state index contributed by atoms with van der Waals surface area (Å²) < 4.78 is 43.9. The Labute approximate surface area is 163 Å². The van der Waals surface area contributed by atoms with Gasteiger partial charge in [-0.1, -0.05) is 12.1 Å². The summed E-state index contributed by atoms with van der Waals surface area (Å²) in [4.78, 5) is 25.1. The number of halogens is 3. The minimum Gasteiger partial charge on any atom is -0.492 e. The average Bonchev–Trinajstić information content (AvgIpc) is 2.63. The SMILES string of the molecule is CCOc1ccccc1NC(=O)CC1Sc2ccc(C(F)(F)F)cc2NC1=O. The zero-order valence-electron chi connectivity index (χ0n) is 14.8. The number of anilines is 2. The molecule has 9 heteroatoms. The van der Waals surface area contributed by atoms with Crippen molar-refractivity contribution in [3.63, 3.8) is 0 Å². The van der Waals surface area contributed by atoms with E-state index in [0.717, 1.165) is 23.9 Å². The van der Waals surface area contributed by atoms with E-state index in [9.17, 15) is 22.8 Å². The van der Waals surface area contributed by atoms with Crippen LogP contribution in [0.5, 0.6) is 5.75 Å². The van der Waals surface area contributed by atoms with Gasteiger partial charge >= 0.3 is 6.18 Å². The highest BCUT2D eigenvalue weighted by molar-refractivity contribution is 8.01. The molecule has 0 radical (unpaired) electrons. The molecule has 28 heavy (non-hydrogen) atoms. The van der Waals surface area contributed by atoms with Crippen LogP contribution in [-0.2, 0) is 15.8 Å². The maximum Gasteiger partial charge on any atom is 0.416 e. The number of amides is 2. The van der Waals surface area contributed by atoms with E-state index in [0.29, 0.717) is 22.9 Å². The second-order valence-electron chi connectivity index (χ2n) is 5.99. The number of alkyl halides is 3. The van der Waals surface area contributed by atoms with Gasteiger partial charge in [-0.2, -0.15) is 13.2 Å². The van der Waals surface area contributed by atoms with Crippen LogP contribution in [-0.4, -0.2) is 23.7 Å². The summed E-state index contributed by atoms with van der Waals surface area (Å²) in [5.41, 5.74) is -0.246. The molecule has 1 heterocycles. The van der Waals surface area contributed by atoms with Crippen molar-refractivity contribution in [3.8, 4) is 5.75 Å². The second-order valence-corrected chi connectivity index (χ2v) is 7.23. The average molecular weight is 410 g/mol. The van der Waals surface area contributed by atoms with Gasteiger partial charge in [0.05, 0.1) is 28.8 Å². The van der Waals surface area contributed by atoms with Gasteiger partial charge in [-0.3, -0.25) is 9.59 Å². The lowest BCUT2D eigenvalue weighted by atomic mass is 10.1. The molecule has 0 bridgehead atoms. The smallest absolute Gasteiger partial charge is 0.416 e. The predicted octanol–water partition coefficient (Wildman–Crippen LogP) is 4.55. The molecule has 5 nitrogen and oxygen atoms in total. The van der Waals surface area contributed by atoms with Crippen LogP contribution in [0.4, 0.5) is 24.5 Å². The second kappa shape index (κ2) is 8.14. The van der Waals surface area contributed by atoms with E-state index in [-0.39, 0.29) is 12.1 Å². The highest BCUT2D eigenvalue weighted by Gasteiger charge is 2.34. The lowest BCUT2D eigenvalue weighted by Gasteiger charge is -2.24. The highest BCUT2D eigenvalue weighted by atomic mass is 32.2. The normalized spacial score (nSPS) is 16.1. The first-order valence-corrected chi connectivity index (χ1v) is 9.36. The molecule has 2 N–H and O–H groups in total. The summed E-state index contributed by atoms with van der Waals surface area (Å²) >= 11 is 1.07. The Morgan fingerprint density at radius 1 is 1.25 bits per heavy atom. The number of hydrogen-bond acceptors (Lipinski definition) is 4. The molecule has 1 aliphatic rings. The Hall–Kier alpha value is -2.68. The van der Waals surface area contributed by atoms with Gasteiger partial charge in [-0.25, -0.2) is 0 Å². The molecule has 148 valence electrons. The molecular weight excluding hydrogens is 393 g/mol. The van der Waals surface area contributed by atoms with Crippen LogP contribution in [0.15, 0.2) is 47.4 Å². The Morgan fingerprint density at radius 3 is 2.71 bits per heavy atom. The zero-order chi connectivity index (χ0) is 20.3. The van der Waals surface area contributed by atoms with Crippen LogP contribution in [0.1, 0.15) is 18.9 Å². The van der Waals surface area contributed by atoms with Crippen LogP contribution in [0, 0.1) is 0 Å². The van der Waals surface area contributed by atoms with Crippen molar-refractivity contribution in [3.05, 3.63) is 48.0 Å². The number of ether oxygens (including phenoxy) is 1. The minimum atomic E-state index is -4.49. The molecule has 2 aromatic carbocycles. The number of para-hydroxylation sites is 2. The van der Waals surface area contributed by atoms with Crippen LogP contribution in [0.3, 0.4) is 0 Å². The van der Waals surface area contributed by atoms with E-state index in [2.05, 4.69) is 10.6 Å². The summed E-state index contributed by atoms with van der Waals surface area (Å²) in [5, 5.41) is 4.42. The quantitative estimate of drug-likeness (QED) is 0.759. The molecule has 1 aliphatic heterocycles. The molecule has 0 saturated carbocycles. The summed E-state index contributed by atoms with van der Waals surface area (Å²) in [5.74, 6) is -0.385. The van der Waals surface area contributed by atoms with E-state index in [1.54, 1.807) is 24.3 Å². The molecule has 1 atom stereocenters. The van der Waals surface area contributed by atoms with Gasteiger partial charge in [-0.15, -0.1) is 11.8 Å². The maximum atomic E-state index is 12.8. The molecule has 0 saturated heterocycles. The number of hydrogen-bond donors (Lipinski definition) is 2. The van der Waals surface area contributed by atoms with Gasteiger partial charge in [-0.05, 0) is 37.3 Å². The molecule has 0 spiro atoms. The monoisotopic (exact) mass is 410 g/mol. The molecule has 0 aliphatic carbocycles. The van der Waals surface area contributed by atoms with Crippen LogP contribution >= 0.6 is 11.8 Å². The summed E-state index contributed by atoms with van der Waals surface area (Å²) in [6.07, 6.45) is -4.62. The standard InChI is InChI=1S/C19H17F3N2O3S/c1-2-27-14-6-4-3-5-12(14)23-17(25)10-16-18(26)24-13-9-11(19(20,21)22)7-8-15(13)28-16/h3-9,16H,2,10H2,1H3,(H,23,25)(H,24,26). The summed E-state index contributed by atoms with van der Waals surface area (Å²) in [6, 6.07) is 10.1. The molecule has 0 fully saturated rings. The topological polar surface area (TPSA) is 67.4 Å². The van der Waals surface area contributed by atoms with Gasteiger partial charge in [0.25, 0.3) is 0 Å². The number of benzene rings is 2. The van der Waals surface area contributed by atoms with Gasteiger partial charge in [0.2, 0.25) is 11.8 Å². The molecule has 2 aromatic rings. The largest absolute Gasteiger partial charge is 0.492 e. The van der Waals surface area contributed by atoms with Gasteiger partial charge in [0.1, 0.15) is 5.75 Å². The van der Waals surface area contributed by atoms with Crippen molar-refractivity contribution < 1.29 is 27.5 Å². The third kappa shape index (κ3) is 4.59. The van der Waals surface area contributed by atoms with E-state index in [4.69, 9.17) is 4.74 Å². The number of carbonyl (C=O) groups is 2. The van der Waals surface area contributed by atoms with Crippen molar-refractivity contribution in [1.82, 2.24) is 0 Å². The Kier molecular flexibility index (Phi) is 5.83.